The lowest BCUT2D eigenvalue weighted by molar-refractivity contribution is -0.141. The van der Waals surface area contributed by atoms with Crippen LogP contribution in [0.15, 0.2) is 47.9 Å². The summed E-state index contributed by atoms with van der Waals surface area (Å²) in [5, 5.41) is 7.66. The fourth-order valence-corrected chi connectivity index (χ4v) is 3.37. The highest BCUT2D eigenvalue weighted by Gasteiger charge is 2.23. The van der Waals surface area contributed by atoms with E-state index in [2.05, 4.69) is 10.6 Å². The van der Waals surface area contributed by atoms with Crippen LogP contribution in [-0.4, -0.2) is 30.9 Å². The molecule has 2 aromatic rings. The molecule has 1 fully saturated rings. The number of benzene rings is 1. The standard InChI is InChI=1S/C21H22N2O4S/c1-27-20(25)13-17(18-3-2-12-28-18)23-19(24)11-6-14-4-7-15(8-5-14)21(26)22-16-9-10-16/h2-8,11-12,16-17H,9-10,13H2,1H3,(H,22,26)(H,23,24)/b11-6+. The normalized spacial score (nSPS) is 14.5. The summed E-state index contributed by atoms with van der Waals surface area (Å²) >= 11 is 1.47. The van der Waals surface area contributed by atoms with Gasteiger partial charge in [-0.25, -0.2) is 0 Å². The van der Waals surface area contributed by atoms with E-state index in [1.54, 1.807) is 30.3 Å². The highest BCUT2D eigenvalue weighted by molar-refractivity contribution is 7.10. The molecule has 0 radical (unpaired) electrons. The van der Waals surface area contributed by atoms with E-state index in [4.69, 9.17) is 4.74 Å². The van der Waals surface area contributed by atoms with Gasteiger partial charge in [0.25, 0.3) is 5.91 Å². The zero-order valence-electron chi connectivity index (χ0n) is 15.5. The van der Waals surface area contributed by atoms with Crippen LogP contribution in [-0.2, 0) is 14.3 Å². The van der Waals surface area contributed by atoms with Crippen molar-refractivity contribution in [2.75, 3.05) is 7.11 Å². The molecule has 1 aromatic heterocycles. The minimum atomic E-state index is -0.432. The van der Waals surface area contributed by atoms with Crippen LogP contribution in [0.1, 0.15) is 46.1 Å². The maximum atomic E-state index is 12.3. The van der Waals surface area contributed by atoms with Crippen molar-refractivity contribution in [3.8, 4) is 0 Å². The fraction of sp³-hybridized carbons (Fsp3) is 0.286. The molecule has 7 heteroatoms. The summed E-state index contributed by atoms with van der Waals surface area (Å²) in [6, 6.07) is 10.7. The van der Waals surface area contributed by atoms with E-state index in [0.717, 1.165) is 23.3 Å². The van der Waals surface area contributed by atoms with E-state index in [1.807, 2.05) is 17.5 Å². The first-order chi connectivity index (χ1) is 13.5. The molecular formula is C21H22N2O4S. The Balaban J connectivity index is 1.58. The minimum Gasteiger partial charge on any atom is -0.469 e. The van der Waals surface area contributed by atoms with Gasteiger partial charge < -0.3 is 15.4 Å². The van der Waals surface area contributed by atoms with Crippen molar-refractivity contribution in [2.45, 2.75) is 31.3 Å². The largest absolute Gasteiger partial charge is 0.469 e. The molecule has 28 heavy (non-hydrogen) atoms. The Morgan fingerprint density at radius 1 is 1.21 bits per heavy atom. The quantitative estimate of drug-likeness (QED) is 0.529. The summed E-state index contributed by atoms with van der Waals surface area (Å²) in [6.45, 7) is 0. The van der Waals surface area contributed by atoms with Gasteiger partial charge in [-0.2, -0.15) is 0 Å². The average molecular weight is 398 g/mol. The number of carbonyl (C=O) groups is 3. The molecule has 1 atom stereocenters. The molecule has 0 saturated heterocycles. The average Bonchev–Trinajstić information content (AvgIpc) is 3.34. The van der Waals surface area contributed by atoms with Crippen molar-refractivity contribution in [3.63, 3.8) is 0 Å². The topological polar surface area (TPSA) is 84.5 Å². The maximum Gasteiger partial charge on any atom is 0.307 e. The molecular weight excluding hydrogens is 376 g/mol. The lowest BCUT2D eigenvalue weighted by Crippen LogP contribution is -2.28. The number of hydrogen-bond acceptors (Lipinski definition) is 5. The van der Waals surface area contributed by atoms with E-state index in [-0.39, 0.29) is 24.2 Å². The van der Waals surface area contributed by atoms with Crippen LogP contribution in [0, 0.1) is 0 Å². The zero-order chi connectivity index (χ0) is 19.9. The lowest BCUT2D eigenvalue weighted by Gasteiger charge is -2.15. The number of rotatable bonds is 8. The molecule has 3 rings (SSSR count). The highest BCUT2D eigenvalue weighted by atomic mass is 32.1. The van der Waals surface area contributed by atoms with Crippen molar-refractivity contribution in [3.05, 3.63) is 63.9 Å². The molecule has 1 heterocycles. The number of ether oxygens (including phenoxy) is 1. The molecule has 2 amide bonds. The number of esters is 1. The van der Waals surface area contributed by atoms with Gasteiger partial charge in [0, 0.05) is 22.6 Å². The minimum absolute atomic E-state index is 0.0708. The predicted molar refractivity (Wildman–Crippen MR) is 108 cm³/mol. The first kappa shape index (κ1) is 19.8. The monoisotopic (exact) mass is 398 g/mol. The van der Waals surface area contributed by atoms with Gasteiger partial charge in [0.1, 0.15) is 0 Å². The van der Waals surface area contributed by atoms with Gasteiger partial charge in [0.2, 0.25) is 5.91 Å². The third-order valence-corrected chi connectivity index (χ3v) is 5.30. The molecule has 1 saturated carbocycles. The second-order valence-corrected chi connectivity index (χ2v) is 7.54. The predicted octanol–water partition coefficient (Wildman–Crippen LogP) is 3.07. The van der Waals surface area contributed by atoms with Crippen molar-refractivity contribution < 1.29 is 19.1 Å². The second-order valence-electron chi connectivity index (χ2n) is 6.56. The first-order valence-electron chi connectivity index (χ1n) is 9.05. The maximum absolute atomic E-state index is 12.3. The Morgan fingerprint density at radius 2 is 1.96 bits per heavy atom. The molecule has 1 aromatic carbocycles. The van der Waals surface area contributed by atoms with Crippen molar-refractivity contribution in [2.24, 2.45) is 0 Å². The summed E-state index contributed by atoms with van der Waals surface area (Å²) in [7, 11) is 1.32. The molecule has 6 nitrogen and oxygen atoms in total. The molecule has 0 spiro atoms. The SMILES string of the molecule is COC(=O)CC(NC(=O)/C=C/c1ccc(C(=O)NC2CC2)cc1)c1cccs1. The summed E-state index contributed by atoms with van der Waals surface area (Å²) in [5.74, 6) is -0.766. The van der Waals surface area contributed by atoms with Crippen LogP contribution in [0.4, 0.5) is 0 Å². The van der Waals surface area contributed by atoms with E-state index in [1.165, 1.54) is 24.5 Å². The molecule has 1 aliphatic carbocycles. The van der Waals surface area contributed by atoms with E-state index < -0.39 is 6.04 Å². The van der Waals surface area contributed by atoms with Gasteiger partial charge in [0.05, 0.1) is 19.6 Å². The highest BCUT2D eigenvalue weighted by Crippen LogP contribution is 2.22. The number of carbonyl (C=O) groups excluding carboxylic acids is 3. The third kappa shape index (κ3) is 5.79. The molecule has 1 unspecified atom stereocenters. The summed E-state index contributed by atoms with van der Waals surface area (Å²) in [6.07, 6.45) is 5.24. The van der Waals surface area contributed by atoms with Gasteiger partial charge in [0.15, 0.2) is 0 Å². The van der Waals surface area contributed by atoms with Crippen molar-refractivity contribution in [1.29, 1.82) is 0 Å². The number of methoxy groups -OCH3 is 1. The summed E-state index contributed by atoms with van der Waals surface area (Å²) in [5.41, 5.74) is 1.41. The summed E-state index contributed by atoms with van der Waals surface area (Å²) < 4.78 is 4.71. The first-order valence-corrected chi connectivity index (χ1v) is 9.93. The Kier molecular flexibility index (Phi) is 6.60. The number of thiophene rings is 1. The van der Waals surface area contributed by atoms with E-state index in [0.29, 0.717) is 11.6 Å². The summed E-state index contributed by atoms with van der Waals surface area (Å²) in [4.78, 5) is 36.8. The number of amides is 2. The second kappa shape index (κ2) is 9.32. The van der Waals surface area contributed by atoms with Crippen LogP contribution < -0.4 is 10.6 Å². The molecule has 146 valence electrons. The molecule has 1 aliphatic rings. The van der Waals surface area contributed by atoms with Crippen LogP contribution in [0.2, 0.25) is 0 Å². The van der Waals surface area contributed by atoms with Crippen LogP contribution in [0.3, 0.4) is 0 Å². The Hall–Kier alpha value is -2.93. The van der Waals surface area contributed by atoms with Crippen LogP contribution in [0.5, 0.6) is 0 Å². The van der Waals surface area contributed by atoms with Crippen LogP contribution in [0.25, 0.3) is 6.08 Å². The third-order valence-electron chi connectivity index (χ3n) is 4.31. The Morgan fingerprint density at radius 3 is 2.57 bits per heavy atom. The fourth-order valence-electron chi connectivity index (χ4n) is 2.60. The molecule has 0 aliphatic heterocycles. The van der Waals surface area contributed by atoms with Gasteiger partial charge in [-0.1, -0.05) is 18.2 Å². The number of hydrogen-bond donors (Lipinski definition) is 2. The lowest BCUT2D eigenvalue weighted by atomic mass is 10.1. The number of nitrogens with one attached hydrogen (secondary N) is 2. The Bertz CT molecular complexity index is 855. The van der Waals surface area contributed by atoms with E-state index >= 15 is 0 Å². The van der Waals surface area contributed by atoms with Gasteiger partial charge in [-0.05, 0) is 48.1 Å². The van der Waals surface area contributed by atoms with Crippen LogP contribution >= 0.6 is 11.3 Å². The van der Waals surface area contributed by atoms with Crippen molar-refractivity contribution >= 4 is 35.2 Å². The smallest absolute Gasteiger partial charge is 0.307 e. The van der Waals surface area contributed by atoms with Gasteiger partial charge in [-0.15, -0.1) is 11.3 Å². The van der Waals surface area contributed by atoms with Gasteiger partial charge >= 0.3 is 5.97 Å². The van der Waals surface area contributed by atoms with E-state index in [9.17, 15) is 14.4 Å². The molecule has 2 N–H and O–H groups in total. The molecule has 0 bridgehead atoms. The van der Waals surface area contributed by atoms with Gasteiger partial charge in [-0.3, -0.25) is 14.4 Å². The zero-order valence-corrected chi connectivity index (χ0v) is 16.3. The van der Waals surface area contributed by atoms with Crippen molar-refractivity contribution in [1.82, 2.24) is 10.6 Å². The Labute approximate surface area is 167 Å².